The van der Waals surface area contributed by atoms with Crippen molar-refractivity contribution in [2.45, 2.75) is 19.1 Å². The molecule has 134 valence electrons. The zero-order chi connectivity index (χ0) is 17.9. The van der Waals surface area contributed by atoms with Crippen molar-refractivity contribution in [3.05, 3.63) is 58.7 Å². The lowest BCUT2D eigenvalue weighted by Gasteiger charge is -2.23. The monoisotopic (exact) mass is 369 g/mol. The quantitative estimate of drug-likeness (QED) is 0.796. The highest BCUT2D eigenvalue weighted by Gasteiger charge is 2.31. The molecule has 3 nitrogen and oxygen atoms in total. The van der Waals surface area contributed by atoms with Crippen LogP contribution >= 0.6 is 11.6 Å². The van der Waals surface area contributed by atoms with Crippen LogP contribution in [0.2, 0.25) is 5.02 Å². The molecule has 0 spiro atoms. The van der Waals surface area contributed by atoms with Crippen molar-refractivity contribution in [1.29, 1.82) is 0 Å². The number of aromatic nitrogens is 1. The Kier molecular flexibility index (Phi) is 5.49. The Morgan fingerprint density at radius 1 is 1.00 bits per heavy atom. The van der Waals surface area contributed by atoms with E-state index in [-0.39, 0.29) is 0 Å². The molecule has 2 heterocycles. The maximum Gasteiger partial charge on any atom is 0.417 e. The molecule has 0 bridgehead atoms. The van der Waals surface area contributed by atoms with E-state index < -0.39 is 11.7 Å². The molecule has 0 saturated carbocycles. The Balaban J connectivity index is 1.62. The van der Waals surface area contributed by atoms with Gasteiger partial charge in [0.25, 0.3) is 0 Å². The number of pyridine rings is 1. The summed E-state index contributed by atoms with van der Waals surface area (Å²) in [6, 6.07) is 10.3. The molecule has 1 aliphatic heterocycles. The maximum atomic E-state index is 12.6. The van der Waals surface area contributed by atoms with Gasteiger partial charge in [0, 0.05) is 43.9 Å². The lowest BCUT2D eigenvalue weighted by Crippen LogP contribution is -2.31. The Morgan fingerprint density at radius 2 is 1.80 bits per heavy atom. The fourth-order valence-electron chi connectivity index (χ4n) is 2.97. The summed E-state index contributed by atoms with van der Waals surface area (Å²) >= 11 is 6.22. The van der Waals surface area contributed by atoms with Crippen LogP contribution in [-0.4, -0.2) is 36.1 Å². The number of halogens is 4. The van der Waals surface area contributed by atoms with Gasteiger partial charge in [-0.25, -0.2) is 4.98 Å². The second-order valence-electron chi connectivity index (χ2n) is 6.11. The van der Waals surface area contributed by atoms with Crippen LogP contribution in [0.25, 0.3) is 0 Å². The second kappa shape index (κ2) is 7.62. The van der Waals surface area contributed by atoms with Crippen molar-refractivity contribution < 1.29 is 13.2 Å². The highest BCUT2D eigenvalue weighted by Crippen LogP contribution is 2.29. The van der Waals surface area contributed by atoms with Gasteiger partial charge in [-0.2, -0.15) is 13.2 Å². The van der Waals surface area contributed by atoms with Crippen LogP contribution < -0.4 is 4.90 Å². The molecular formula is C18H19ClF3N3. The molecule has 0 atom stereocenters. The first-order valence-corrected chi connectivity index (χ1v) is 8.55. The van der Waals surface area contributed by atoms with E-state index in [1.54, 1.807) is 0 Å². The van der Waals surface area contributed by atoms with Crippen molar-refractivity contribution in [1.82, 2.24) is 9.88 Å². The summed E-state index contributed by atoms with van der Waals surface area (Å²) in [7, 11) is 0. The maximum absolute atomic E-state index is 12.6. The highest BCUT2D eigenvalue weighted by molar-refractivity contribution is 6.31. The first-order chi connectivity index (χ1) is 11.9. The number of hydrogen-bond donors (Lipinski definition) is 0. The van der Waals surface area contributed by atoms with Gasteiger partial charge in [-0.05, 0) is 30.2 Å². The molecule has 1 aliphatic rings. The van der Waals surface area contributed by atoms with Crippen molar-refractivity contribution in [2.75, 3.05) is 31.1 Å². The van der Waals surface area contributed by atoms with E-state index in [1.807, 2.05) is 29.2 Å². The molecule has 2 aromatic rings. The van der Waals surface area contributed by atoms with E-state index in [0.29, 0.717) is 5.82 Å². The highest BCUT2D eigenvalue weighted by atomic mass is 35.5. The molecule has 1 aromatic heterocycles. The third-order valence-corrected chi connectivity index (χ3v) is 4.71. The minimum atomic E-state index is -4.35. The summed E-state index contributed by atoms with van der Waals surface area (Å²) in [5.41, 5.74) is 0.372. The second-order valence-corrected chi connectivity index (χ2v) is 6.52. The van der Waals surface area contributed by atoms with Gasteiger partial charge in [-0.15, -0.1) is 0 Å². The molecule has 0 amide bonds. The molecular weight excluding hydrogens is 351 g/mol. The summed E-state index contributed by atoms with van der Waals surface area (Å²) in [4.78, 5) is 8.35. The van der Waals surface area contributed by atoms with Gasteiger partial charge in [0.2, 0.25) is 0 Å². The van der Waals surface area contributed by atoms with E-state index in [4.69, 9.17) is 11.6 Å². The van der Waals surface area contributed by atoms with Gasteiger partial charge in [0.1, 0.15) is 5.82 Å². The fourth-order valence-corrected chi connectivity index (χ4v) is 3.16. The average molecular weight is 370 g/mol. The molecule has 0 aliphatic carbocycles. The van der Waals surface area contributed by atoms with Gasteiger partial charge in [0.15, 0.2) is 0 Å². The Labute approximate surface area is 150 Å². The van der Waals surface area contributed by atoms with E-state index >= 15 is 0 Å². The molecule has 1 aromatic carbocycles. The minimum Gasteiger partial charge on any atom is -0.355 e. The van der Waals surface area contributed by atoms with Crippen molar-refractivity contribution in [3.63, 3.8) is 0 Å². The SMILES string of the molecule is FC(F)(F)c1ccc(N2CCCN(Cc3ccccc3Cl)CC2)nc1. The van der Waals surface area contributed by atoms with Crippen LogP contribution in [0.15, 0.2) is 42.6 Å². The Bertz CT molecular complexity index is 703. The molecule has 1 saturated heterocycles. The first kappa shape index (κ1) is 18.0. The first-order valence-electron chi connectivity index (χ1n) is 8.17. The van der Waals surface area contributed by atoms with E-state index in [0.717, 1.165) is 62.0 Å². The number of benzene rings is 1. The van der Waals surface area contributed by atoms with Crippen LogP contribution in [0.1, 0.15) is 17.5 Å². The van der Waals surface area contributed by atoms with Gasteiger partial charge >= 0.3 is 6.18 Å². The summed E-state index contributed by atoms with van der Waals surface area (Å²) in [5.74, 6) is 0.590. The third kappa shape index (κ3) is 4.64. The van der Waals surface area contributed by atoms with Crippen LogP contribution in [0, 0.1) is 0 Å². The molecule has 0 unspecified atom stereocenters. The molecule has 0 N–H and O–H groups in total. The summed E-state index contributed by atoms with van der Waals surface area (Å²) in [5, 5.41) is 0.757. The van der Waals surface area contributed by atoms with Crippen molar-refractivity contribution in [3.8, 4) is 0 Å². The van der Waals surface area contributed by atoms with Gasteiger partial charge in [-0.3, -0.25) is 4.90 Å². The zero-order valence-corrected chi connectivity index (χ0v) is 14.4. The molecule has 3 rings (SSSR count). The van der Waals surface area contributed by atoms with Gasteiger partial charge < -0.3 is 4.90 Å². The normalized spacial score (nSPS) is 16.7. The standard InChI is InChI=1S/C18H19ClF3N3/c19-16-5-2-1-4-14(16)13-24-8-3-9-25(11-10-24)17-7-6-15(12-23-17)18(20,21)22/h1-2,4-7,12H,3,8-11,13H2. The van der Waals surface area contributed by atoms with Gasteiger partial charge in [-0.1, -0.05) is 29.8 Å². The number of nitrogens with zero attached hydrogens (tertiary/aromatic N) is 3. The van der Waals surface area contributed by atoms with Crippen LogP contribution in [0.3, 0.4) is 0 Å². The van der Waals surface area contributed by atoms with Crippen molar-refractivity contribution >= 4 is 17.4 Å². The summed E-state index contributed by atoms with van der Waals surface area (Å²) in [6.07, 6.45) is -2.52. The van der Waals surface area contributed by atoms with E-state index in [2.05, 4.69) is 9.88 Å². The predicted molar refractivity (Wildman–Crippen MR) is 92.8 cm³/mol. The number of hydrogen-bond acceptors (Lipinski definition) is 3. The summed E-state index contributed by atoms with van der Waals surface area (Å²) in [6.45, 7) is 4.00. The van der Waals surface area contributed by atoms with Crippen LogP contribution in [0.5, 0.6) is 0 Å². The molecule has 0 radical (unpaired) electrons. The van der Waals surface area contributed by atoms with Crippen molar-refractivity contribution in [2.24, 2.45) is 0 Å². The molecule has 1 fully saturated rings. The predicted octanol–water partition coefficient (Wildman–Crippen LogP) is 4.47. The van der Waals surface area contributed by atoms with E-state index in [9.17, 15) is 13.2 Å². The van der Waals surface area contributed by atoms with Gasteiger partial charge in [0.05, 0.1) is 5.56 Å². The lowest BCUT2D eigenvalue weighted by molar-refractivity contribution is -0.137. The minimum absolute atomic E-state index is 0.590. The molecule has 25 heavy (non-hydrogen) atoms. The lowest BCUT2D eigenvalue weighted by atomic mass is 10.2. The Hall–Kier alpha value is -1.79. The number of anilines is 1. The fraction of sp³-hybridized carbons (Fsp3) is 0.389. The Morgan fingerprint density at radius 3 is 2.48 bits per heavy atom. The van der Waals surface area contributed by atoms with Crippen LogP contribution in [-0.2, 0) is 12.7 Å². The zero-order valence-electron chi connectivity index (χ0n) is 13.6. The molecule has 7 heteroatoms. The number of alkyl halides is 3. The average Bonchev–Trinajstić information content (AvgIpc) is 2.82. The largest absolute Gasteiger partial charge is 0.417 e. The smallest absolute Gasteiger partial charge is 0.355 e. The topological polar surface area (TPSA) is 19.4 Å². The van der Waals surface area contributed by atoms with E-state index in [1.165, 1.54) is 6.07 Å². The summed E-state index contributed by atoms with van der Waals surface area (Å²) < 4.78 is 37.9. The van der Waals surface area contributed by atoms with Crippen LogP contribution in [0.4, 0.5) is 19.0 Å². The third-order valence-electron chi connectivity index (χ3n) is 4.34. The number of rotatable bonds is 3.